The first kappa shape index (κ1) is 25.1. The van der Waals surface area contributed by atoms with Crippen molar-refractivity contribution in [2.45, 2.75) is 66.2 Å². The number of halogens is 2. The van der Waals surface area contributed by atoms with E-state index in [2.05, 4.69) is 46.1 Å². The van der Waals surface area contributed by atoms with Gasteiger partial charge < -0.3 is 9.64 Å². The van der Waals surface area contributed by atoms with E-state index in [1.807, 2.05) is 0 Å². The number of nitrogens with zero attached hydrogens (tertiary/aromatic N) is 1. The minimum absolute atomic E-state index is 0.0955. The van der Waals surface area contributed by atoms with Crippen LogP contribution in [0, 0.1) is 10.8 Å². The Hall–Kier alpha value is -2.04. The van der Waals surface area contributed by atoms with Crippen LogP contribution in [0.15, 0.2) is 47.3 Å². The van der Waals surface area contributed by atoms with Gasteiger partial charge in [-0.05, 0) is 48.3 Å². The smallest absolute Gasteiger partial charge is 0.162 e. The summed E-state index contributed by atoms with van der Waals surface area (Å²) in [7, 11) is 0. The molecular weight excluding hydrogens is 469 g/mol. The predicted octanol–water partition coefficient (Wildman–Crippen LogP) is 7.26. The molecule has 1 heterocycles. The maximum atomic E-state index is 13.7. The molecule has 4 nitrogen and oxygen atoms in total. The van der Waals surface area contributed by atoms with Gasteiger partial charge in [-0.3, -0.25) is 9.59 Å². The quantitative estimate of drug-likeness (QED) is 0.398. The summed E-state index contributed by atoms with van der Waals surface area (Å²) < 4.78 is 5.66. The molecule has 0 amide bonds. The highest BCUT2D eigenvalue weighted by Crippen LogP contribution is 2.55. The van der Waals surface area contributed by atoms with Gasteiger partial charge in [-0.2, -0.15) is 0 Å². The van der Waals surface area contributed by atoms with Gasteiger partial charge in [0.1, 0.15) is 6.61 Å². The van der Waals surface area contributed by atoms with E-state index in [4.69, 9.17) is 27.9 Å². The fourth-order valence-corrected chi connectivity index (χ4v) is 6.40. The van der Waals surface area contributed by atoms with Gasteiger partial charge in [0.25, 0.3) is 0 Å². The molecule has 0 saturated carbocycles. The standard InChI is InChI=1S/C28H33Cl2NO3/c1-7-9-34-26-17(29)10-16(11-18(26)30)23-24-19(12-27(3,4)14-21(24)32)31(8-2)20-13-28(5,6)15-22(33)25(20)23/h7,10-11,23H,1,8-9,12-15H2,2-6H3. The minimum atomic E-state index is -0.469. The predicted molar refractivity (Wildman–Crippen MR) is 137 cm³/mol. The molecule has 4 rings (SSSR count). The van der Waals surface area contributed by atoms with Crippen LogP contribution in [-0.4, -0.2) is 29.6 Å². The van der Waals surface area contributed by atoms with E-state index in [1.165, 1.54) is 0 Å². The van der Waals surface area contributed by atoms with Crippen LogP contribution in [0.5, 0.6) is 5.75 Å². The molecule has 0 bridgehead atoms. The summed E-state index contributed by atoms with van der Waals surface area (Å²) in [4.78, 5) is 29.6. The van der Waals surface area contributed by atoms with E-state index < -0.39 is 5.92 Å². The lowest BCUT2D eigenvalue weighted by molar-refractivity contribution is -0.119. The zero-order chi connectivity index (χ0) is 25.0. The number of carbonyl (C=O) groups excluding carboxylic acids is 2. The Bertz CT molecular complexity index is 1070. The van der Waals surface area contributed by atoms with Gasteiger partial charge in [-0.15, -0.1) is 0 Å². The summed E-state index contributed by atoms with van der Waals surface area (Å²) >= 11 is 13.2. The average molecular weight is 502 g/mol. The second-order valence-corrected chi connectivity index (χ2v) is 12.0. The van der Waals surface area contributed by atoms with Crippen LogP contribution in [0.3, 0.4) is 0 Å². The molecule has 0 fully saturated rings. The molecule has 6 heteroatoms. The number of ketones is 2. The molecule has 2 aliphatic carbocycles. The molecule has 0 unspecified atom stereocenters. The first-order valence-corrected chi connectivity index (χ1v) is 12.7. The van der Waals surface area contributed by atoms with Crippen molar-refractivity contribution >= 4 is 34.8 Å². The fraction of sp³-hybridized carbons (Fsp3) is 0.500. The lowest BCUT2D eigenvalue weighted by Crippen LogP contribution is -2.44. The molecule has 34 heavy (non-hydrogen) atoms. The third-order valence-corrected chi connectivity index (χ3v) is 7.60. The number of allylic oxidation sites excluding steroid dienone is 4. The van der Waals surface area contributed by atoms with Crippen molar-refractivity contribution in [3.05, 3.63) is 62.9 Å². The number of benzene rings is 1. The van der Waals surface area contributed by atoms with Crippen LogP contribution >= 0.6 is 23.2 Å². The van der Waals surface area contributed by atoms with Crippen molar-refractivity contribution < 1.29 is 14.3 Å². The highest BCUT2D eigenvalue weighted by atomic mass is 35.5. The molecule has 182 valence electrons. The summed E-state index contributed by atoms with van der Waals surface area (Å²) in [6, 6.07) is 3.60. The molecule has 0 radical (unpaired) electrons. The van der Waals surface area contributed by atoms with Crippen LogP contribution in [0.1, 0.15) is 71.8 Å². The van der Waals surface area contributed by atoms with Crippen molar-refractivity contribution in [1.82, 2.24) is 4.90 Å². The minimum Gasteiger partial charge on any atom is -0.486 e. The van der Waals surface area contributed by atoms with Crippen LogP contribution in [0.25, 0.3) is 0 Å². The van der Waals surface area contributed by atoms with Crippen molar-refractivity contribution in [3.63, 3.8) is 0 Å². The highest BCUT2D eigenvalue weighted by Gasteiger charge is 2.48. The Morgan fingerprint density at radius 3 is 1.85 bits per heavy atom. The zero-order valence-electron chi connectivity index (χ0n) is 20.7. The Balaban J connectivity index is 1.97. The van der Waals surface area contributed by atoms with Gasteiger partial charge >= 0.3 is 0 Å². The van der Waals surface area contributed by atoms with Crippen LogP contribution in [-0.2, 0) is 9.59 Å². The second kappa shape index (κ2) is 8.87. The first-order chi connectivity index (χ1) is 15.9. The third kappa shape index (κ3) is 4.35. The van der Waals surface area contributed by atoms with E-state index in [-0.39, 0.29) is 29.0 Å². The molecule has 0 N–H and O–H groups in total. The number of ether oxygens (including phenoxy) is 1. The van der Waals surface area contributed by atoms with Crippen molar-refractivity contribution in [2.24, 2.45) is 10.8 Å². The Morgan fingerprint density at radius 1 is 0.971 bits per heavy atom. The van der Waals surface area contributed by atoms with Gasteiger partial charge in [0.15, 0.2) is 17.3 Å². The van der Waals surface area contributed by atoms with E-state index in [0.29, 0.717) is 35.2 Å². The largest absolute Gasteiger partial charge is 0.486 e. The van der Waals surface area contributed by atoms with Gasteiger partial charge in [0, 0.05) is 47.8 Å². The lowest BCUT2D eigenvalue weighted by atomic mass is 9.63. The molecule has 1 aliphatic heterocycles. The summed E-state index contributed by atoms with van der Waals surface area (Å²) in [5.74, 6) is 0.105. The van der Waals surface area contributed by atoms with E-state index in [0.717, 1.165) is 40.9 Å². The topological polar surface area (TPSA) is 46.6 Å². The van der Waals surface area contributed by atoms with E-state index in [1.54, 1.807) is 18.2 Å². The monoisotopic (exact) mass is 501 g/mol. The van der Waals surface area contributed by atoms with Gasteiger partial charge in [-0.25, -0.2) is 0 Å². The van der Waals surface area contributed by atoms with Crippen LogP contribution in [0.2, 0.25) is 10.0 Å². The summed E-state index contributed by atoms with van der Waals surface area (Å²) in [5, 5.41) is 0.720. The maximum absolute atomic E-state index is 13.7. The second-order valence-electron chi connectivity index (χ2n) is 11.2. The molecule has 3 aliphatic rings. The first-order valence-electron chi connectivity index (χ1n) is 11.9. The van der Waals surface area contributed by atoms with Gasteiger partial charge in [0.05, 0.1) is 10.0 Å². The number of carbonyl (C=O) groups is 2. The highest BCUT2D eigenvalue weighted by molar-refractivity contribution is 6.37. The molecular formula is C28H33Cl2NO3. The summed E-state index contributed by atoms with van der Waals surface area (Å²) in [5.41, 5.74) is 4.00. The van der Waals surface area contributed by atoms with Crippen LogP contribution < -0.4 is 4.74 Å². The number of Topliss-reactive ketones (excluding diaryl/α,β-unsaturated/α-hetero) is 2. The van der Waals surface area contributed by atoms with E-state index >= 15 is 0 Å². The summed E-state index contributed by atoms with van der Waals surface area (Å²) in [6.07, 6.45) is 4.09. The number of hydrogen-bond donors (Lipinski definition) is 0. The Kier molecular flexibility index (Phi) is 6.54. The average Bonchev–Trinajstić information content (AvgIpc) is 2.70. The molecule has 1 aromatic carbocycles. The molecule has 0 saturated heterocycles. The molecule has 0 atom stereocenters. The third-order valence-electron chi connectivity index (χ3n) is 7.04. The Morgan fingerprint density at radius 2 is 1.44 bits per heavy atom. The van der Waals surface area contributed by atoms with Gasteiger partial charge in [0.2, 0.25) is 0 Å². The molecule has 0 aromatic heterocycles. The maximum Gasteiger partial charge on any atom is 0.162 e. The zero-order valence-corrected chi connectivity index (χ0v) is 22.2. The number of hydrogen-bond acceptors (Lipinski definition) is 4. The van der Waals surface area contributed by atoms with Crippen molar-refractivity contribution in [2.75, 3.05) is 13.2 Å². The molecule has 1 aromatic rings. The van der Waals surface area contributed by atoms with Crippen molar-refractivity contribution in [1.29, 1.82) is 0 Å². The Labute approximate surface area is 212 Å². The van der Waals surface area contributed by atoms with E-state index in [9.17, 15) is 9.59 Å². The van der Waals surface area contributed by atoms with Gasteiger partial charge in [-0.1, -0.05) is 63.6 Å². The summed E-state index contributed by atoms with van der Waals surface area (Å²) in [6.45, 7) is 15.3. The van der Waals surface area contributed by atoms with Crippen LogP contribution in [0.4, 0.5) is 0 Å². The molecule has 0 spiro atoms. The number of rotatable bonds is 5. The normalized spacial score (nSPS) is 22.0. The lowest BCUT2D eigenvalue weighted by Gasteiger charge is -2.49. The SMILES string of the molecule is C=CCOc1c(Cl)cc(C2C3=C(CC(C)(C)CC3=O)N(CC)C3=C2C(=O)CC(C)(C)C3)cc1Cl. The fourth-order valence-electron chi connectivity index (χ4n) is 5.79. The van der Waals surface area contributed by atoms with Crippen molar-refractivity contribution in [3.8, 4) is 5.75 Å².